The predicted molar refractivity (Wildman–Crippen MR) is 112 cm³/mol. The molecule has 0 radical (unpaired) electrons. The van der Waals surface area contributed by atoms with Crippen LogP contribution in [0.15, 0.2) is 83.8 Å². The number of benzene rings is 2. The van der Waals surface area contributed by atoms with E-state index in [-0.39, 0.29) is 11.8 Å². The van der Waals surface area contributed by atoms with Crippen LogP contribution in [0.5, 0.6) is 0 Å². The number of ether oxygens (including phenoxy) is 1. The monoisotopic (exact) mass is 367 g/mol. The molecule has 0 amide bonds. The quantitative estimate of drug-likeness (QED) is 0.502. The molecule has 0 aliphatic carbocycles. The normalized spacial score (nSPS) is 17.9. The van der Waals surface area contributed by atoms with Crippen LogP contribution >= 0.6 is 0 Å². The summed E-state index contributed by atoms with van der Waals surface area (Å²) in [5.74, 6) is 0.663. The number of rotatable bonds is 4. The average Bonchev–Trinajstić information content (AvgIpc) is 2.73. The zero-order chi connectivity index (χ0) is 19.9. The van der Waals surface area contributed by atoms with Crippen molar-refractivity contribution in [3.8, 4) is 6.07 Å². The summed E-state index contributed by atoms with van der Waals surface area (Å²) in [7, 11) is 2.04. The smallest absolute Gasteiger partial charge is 0.265 e. The molecule has 2 aromatic carbocycles. The Labute approximate surface area is 166 Å². The van der Waals surface area contributed by atoms with Gasteiger partial charge in [-0.25, -0.2) is 10.1 Å². The molecule has 138 valence electrons. The summed E-state index contributed by atoms with van der Waals surface area (Å²) in [4.78, 5) is 5.44. The maximum absolute atomic E-state index is 9.10. The van der Waals surface area contributed by atoms with Gasteiger partial charge in [0.05, 0.1) is 18.7 Å². The molecule has 1 aliphatic rings. The summed E-state index contributed by atoms with van der Waals surface area (Å²) in [6.07, 6.45) is 6.14. The Morgan fingerprint density at radius 1 is 1.14 bits per heavy atom. The van der Waals surface area contributed by atoms with Crippen LogP contribution in [-0.2, 0) is 4.74 Å². The van der Waals surface area contributed by atoms with Crippen molar-refractivity contribution in [3.63, 3.8) is 0 Å². The molecule has 0 saturated heterocycles. The molecule has 0 saturated carbocycles. The predicted octanol–water partition coefficient (Wildman–Crippen LogP) is 5.86. The Morgan fingerprint density at radius 2 is 1.82 bits per heavy atom. The third kappa shape index (κ3) is 4.50. The van der Waals surface area contributed by atoms with Crippen molar-refractivity contribution < 1.29 is 4.74 Å². The number of allylic oxidation sites excluding steroid dienone is 3. The highest BCUT2D eigenvalue weighted by atomic mass is 16.5. The van der Waals surface area contributed by atoms with Gasteiger partial charge in [-0.05, 0) is 54.5 Å². The van der Waals surface area contributed by atoms with E-state index in [1.807, 2.05) is 50.4 Å². The molecule has 2 aromatic rings. The van der Waals surface area contributed by atoms with Crippen LogP contribution in [0.1, 0.15) is 18.9 Å². The van der Waals surface area contributed by atoms with Gasteiger partial charge in [-0.1, -0.05) is 36.4 Å². The first kappa shape index (κ1) is 19.0. The van der Waals surface area contributed by atoms with E-state index in [1.165, 1.54) is 0 Å². The van der Waals surface area contributed by atoms with Crippen LogP contribution in [0.3, 0.4) is 0 Å². The minimum atomic E-state index is -0.0633. The fraction of sp³-hybridized carbons (Fsp3) is 0.167. The molecule has 4 nitrogen and oxygen atoms in total. The summed E-state index contributed by atoms with van der Waals surface area (Å²) < 4.78 is 5.82. The first-order valence-corrected chi connectivity index (χ1v) is 9.06. The fourth-order valence-electron chi connectivity index (χ4n) is 3.06. The molecule has 3 rings (SSSR count). The first-order chi connectivity index (χ1) is 13.6. The van der Waals surface area contributed by atoms with Gasteiger partial charge < -0.3 is 9.64 Å². The standard InChI is InChI=1S/C24H21N3O/c1-18-15-20(24(17-25)26-2)16-23(28-18)14-11-19-9-12-22(13-10-19)27(3)21-7-5-4-6-8-21/h4-14,16,18H,15H2,1,3H3/b14-11+,24-20?. The van der Waals surface area contributed by atoms with Gasteiger partial charge in [-0.3, -0.25) is 0 Å². The molecular formula is C24H21N3O. The van der Waals surface area contributed by atoms with E-state index in [1.54, 1.807) is 6.08 Å². The topological polar surface area (TPSA) is 40.6 Å². The summed E-state index contributed by atoms with van der Waals surface area (Å²) in [5.41, 5.74) is 4.15. The second-order valence-corrected chi connectivity index (χ2v) is 6.60. The Kier molecular flexibility index (Phi) is 5.94. The average molecular weight is 367 g/mol. The number of hydrogen-bond acceptors (Lipinski definition) is 3. The van der Waals surface area contributed by atoms with Gasteiger partial charge in [-0.2, -0.15) is 0 Å². The largest absolute Gasteiger partial charge is 0.490 e. The Bertz CT molecular complexity index is 987. The molecule has 4 heteroatoms. The van der Waals surface area contributed by atoms with Gasteiger partial charge in [0.25, 0.3) is 5.70 Å². The number of nitrogens with zero attached hydrogens (tertiary/aromatic N) is 3. The van der Waals surface area contributed by atoms with E-state index < -0.39 is 0 Å². The number of para-hydroxylation sites is 1. The third-order valence-electron chi connectivity index (χ3n) is 4.55. The molecule has 28 heavy (non-hydrogen) atoms. The fourth-order valence-corrected chi connectivity index (χ4v) is 3.06. The van der Waals surface area contributed by atoms with E-state index >= 15 is 0 Å². The summed E-state index contributed by atoms with van der Waals surface area (Å²) in [6.45, 7) is 9.07. The molecular weight excluding hydrogens is 346 g/mol. The minimum absolute atomic E-state index is 0.0633. The van der Waals surface area contributed by atoms with Crippen molar-refractivity contribution in [2.45, 2.75) is 19.4 Å². The molecule has 0 spiro atoms. The Balaban J connectivity index is 1.77. The molecule has 1 unspecified atom stereocenters. The van der Waals surface area contributed by atoms with Crippen LogP contribution in [0.4, 0.5) is 11.4 Å². The highest BCUT2D eigenvalue weighted by Crippen LogP contribution is 2.27. The molecule has 0 aromatic heterocycles. The maximum atomic E-state index is 9.10. The minimum Gasteiger partial charge on any atom is -0.490 e. The molecule has 1 atom stereocenters. The van der Waals surface area contributed by atoms with E-state index in [0.29, 0.717) is 12.2 Å². The molecule has 0 fully saturated rings. The van der Waals surface area contributed by atoms with Crippen molar-refractivity contribution in [2.24, 2.45) is 0 Å². The van der Waals surface area contributed by atoms with Gasteiger partial charge in [-0.15, -0.1) is 0 Å². The van der Waals surface area contributed by atoms with Crippen LogP contribution in [0.2, 0.25) is 0 Å². The van der Waals surface area contributed by atoms with Crippen molar-refractivity contribution in [2.75, 3.05) is 11.9 Å². The molecule has 0 N–H and O–H groups in total. The second kappa shape index (κ2) is 8.75. The van der Waals surface area contributed by atoms with Gasteiger partial charge in [0.1, 0.15) is 5.76 Å². The van der Waals surface area contributed by atoms with Crippen molar-refractivity contribution >= 4 is 17.5 Å². The van der Waals surface area contributed by atoms with Crippen molar-refractivity contribution in [1.29, 1.82) is 5.26 Å². The zero-order valence-corrected chi connectivity index (χ0v) is 16.0. The van der Waals surface area contributed by atoms with Crippen LogP contribution < -0.4 is 4.90 Å². The van der Waals surface area contributed by atoms with E-state index in [0.717, 1.165) is 22.5 Å². The number of hydrogen-bond donors (Lipinski definition) is 0. The van der Waals surface area contributed by atoms with Gasteiger partial charge in [0.15, 0.2) is 0 Å². The highest BCUT2D eigenvalue weighted by molar-refractivity contribution is 5.65. The number of anilines is 2. The van der Waals surface area contributed by atoms with E-state index in [2.05, 4.69) is 46.1 Å². The van der Waals surface area contributed by atoms with Crippen LogP contribution in [0.25, 0.3) is 10.9 Å². The lowest BCUT2D eigenvalue weighted by Gasteiger charge is -2.22. The molecule has 1 aliphatic heterocycles. The maximum Gasteiger partial charge on any atom is 0.265 e. The van der Waals surface area contributed by atoms with E-state index in [4.69, 9.17) is 16.6 Å². The zero-order valence-electron chi connectivity index (χ0n) is 16.0. The molecule has 1 heterocycles. The van der Waals surface area contributed by atoms with Crippen LogP contribution in [-0.4, -0.2) is 13.2 Å². The van der Waals surface area contributed by atoms with Gasteiger partial charge >= 0.3 is 0 Å². The Morgan fingerprint density at radius 3 is 2.46 bits per heavy atom. The van der Waals surface area contributed by atoms with Gasteiger partial charge in [0, 0.05) is 24.8 Å². The summed E-state index contributed by atoms with van der Waals surface area (Å²) >= 11 is 0. The lowest BCUT2D eigenvalue weighted by Crippen LogP contribution is -2.13. The highest BCUT2D eigenvalue weighted by Gasteiger charge is 2.17. The lowest BCUT2D eigenvalue weighted by atomic mass is 10.0. The summed E-state index contributed by atoms with van der Waals surface area (Å²) in [5, 5.41) is 9.10. The Hall–Kier alpha value is -3.76. The first-order valence-electron chi connectivity index (χ1n) is 9.06. The SMILES string of the molecule is [C-]#[N+]C(C#N)=C1C=C(/C=C/c2ccc(N(C)c3ccccc3)cc2)OC(C)C1. The third-order valence-corrected chi connectivity index (χ3v) is 4.55. The van der Waals surface area contributed by atoms with E-state index in [9.17, 15) is 0 Å². The lowest BCUT2D eigenvalue weighted by molar-refractivity contribution is 0.133. The molecule has 0 bridgehead atoms. The second-order valence-electron chi connectivity index (χ2n) is 6.60. The van der Waals surface area contributed by atoms with Crippen molar-refractivity contribution in [3.05, 3.63) is 101 Å². The van der Waals surface area contributed by atoms with Crippen LogP contribution in [0, 0.1) is 17.9 Å². The summed E-state index contributed by atoms with van der Waals surface area (Å²) in [6, 6.07) is 20.4. The van der Waals surface area contributed by atoms with Gasteiger partial charge in [0.2, 0.25) is 0 Å². The van der Waals surface area contributed by atoms with Crippen molar-refractivity contribution in [1.82, 2.24) is 0 Å². The number of nitriles is 1.